The molecule has 0 amide bonds. The summed E-state index contributed by atoms with van der Waals surface area (Å²) in [5.74, 6) is -2.99. The molecule has 2 rings (SSSR count). The summed E-state index contributed by atoms with van der Waals surface area (Å²) >= 11 is 0. The van der Waals surface area contributed by atoms with E-state index in [0.29, 0.717) is 6.54 Å². The van der Waals surface area contributed by atoms with Crippen LogP contribution in [-0.2, 0) is 9.59 Å². The van der Waals surface area contributed by atoms with E-state index in [9.17, 15) is 19.8 Å². The fraction of sp³-hybridized carbons (Fsp3) is 0.429. The zero-order valence-electron chi connectivity index (χ0n) is 11.3. The van der Waals surface area contributed by atoms with Crippen molar-refractivity contribution in [3.8, 4) is 0 Å². The monoisotopic (exact) mass is 294 g/mol. The molecule has 0 saturated carbocycles. The van der Waals surface area contributed by atoms with Crippen molar-refractivity contribution in [2.75, 3.05) is 11.9 Å². The summed E-state index contributed by atoms with van der Waals surface area (Å²) in [7, 11) is 0. The summed E-state index contributed by atoms with van der Waals surface area (Å²) in [5, 5.41) is 31.5. The molecule has 21 heavy (non-hydrogen) atoms. The Hall–Kier alpha value is -2.12. The number of rotatable bonds is 6. The number of hydrogen-bond acceptors (Lipinski definition) is 5. The van der Waals surface area contributed by atoms with Crippen molar-refractivity contribution in [3.63, 3.8) is 0 Å². The lowest BCUT2D eigenvalue weighted by Crippen LogP contribution is -2.47. The first-order valence-corrected chi connectivity index (χ1v) is 6.60. The number of carboxylic acids is 2. The standard InChI is InChI=1S/C14H18N2O5/c15-10(12(17)18)6-14(21,13(19)20)5-8-7-16-11-4-2-1-3-9(8)11/h1-4,8,10,16,21H,5-7,15H2,(H,17,18)(H,19,20). The SMILES string of the molecule is NC(CC(O)(CC1CNc2ccccc21)C(=O)O)C(=O)O. The Kier molecular flexibility index (Phi) is 4.15. The van der Waals surface area contributed by atoms with Crippen LogP contribution in [0.3, 0.4) is 0 Å². The Morgan fingerprint density at radius 1 is 1.38 bits per heavy atom. The lowest BCUT2D eigenvalue weighted by Gasteiger charge is -2.27. The first-order chi connectivity index (χ1) is 9.83. The Morgan fingerprint density at radius 3 is 2.67 bits per heavy atom. The van der Waals surface area contributed by atoms with Crippen LogP contribution < -0.4 is 11.1 Å². The van der Waals surface area contributed by atoms with E-state index < -0.39 is 30.0 Å². The number of carboxylic acid groups (broad SMARTS) is 2. The van der Waals surface area contributed by atoms with Gasteiger partial charge in [-0.3, -0.25) is 4.79 Å². The molecule has 1 aromatic carbocycles. The number of aliphatic hydroxyl groups is 1. The zero-order valence-corrected chi connectivity index (χ0v) is 11.3. The number of benzene rings is 1. The summed E-state index contributed by atoms with van der Waals surface area (Å²) < 4.78 is 0. The van der Waals surface area contributed by atoms with E-state index in [2.05, 4.69) is 5.32 Å². The van der Waals surface area contributed by atoms with Gasteiger partial charge >= 0.3 is 11.9 Å². The third-order valence-electron chi connectivity index (χ3n) is 3.80. The minimum atomic E-state index is -2.17. The topological polar surface area (TPSA) is 133 Å². The van der Waals surface area contributed by atoms with Crippen molar-refractivity contribution < 1.29 is 24.9 Å². The van der Waals surface area contributed by atoms with Gasteiger partial charge in [-0.05, 0) is 18.1 Å². The predicted molar refractivity (Wildman–Crippen MR) is 75.1 cm³/mol. The van der Waals surface area contributed by atoms with Crippen molar-refractivity contribution in [3.05, 3.63) is 29.8 Å². The van der Waals surface area contributed by atoms with Gasteiger partial charge in [0, 0.05) is 24.6 Å². The molecule has 0 aromatic heterocycles. The average Bonchev–Trinajstić information content (AvgIpc) is 2.81. The molecule has 1 aromatic rings. The van der Waals surface area contributed by atoms with Crippen molar-refractivity contribution in [2.24, 2.45) is 5.73 Å². The van der Waals surface area contributed by atoms with Crippen LogP contribution in [0.15, 0.2) is 24.3 Å². The van der Waals surface area contributed by atoms with E-state index in [1.807, 2.05) is 24.3 Å². The van der Waals surface area contributed by atoms with Crippen LogP contribution in [0.1, 0.15) is 24.3 Å². The molecule has 1 aliphatic heterocycles. The van der Waals surface area contributed by atoms with Gasteiger partial charge < -0.3 is 26.4 Å². The van der Waals surface area contributed by atoms with Gasteiger partial charge in [-0.15, -0.1) is 0 Å². The number of fused-ring (bicyclic) bond motifs is 1. The number of carbonyl (C=O) groups is 2. The summed E-state index contributed by atoms with van der Waals surface area (Å²) in [5.41, 5.74) is 5.02. The number of nitrogens with one attached hydrogen (secondary N) is 1. The van der Waals surface area contributed by atoms with Crippen molar-refractivity contribution in [2.45, 2.75) is 30.4 Å². The summed E-state index contributed by atoms with van der Waals surface area (Å²) in [6.45, 7) is 0.497. The van der Waals surface area contributed by atoms with E-state index in [-0.39, 0.29) is 12.3 Å². The molecular formula is C14H18N2O5. The minimum Gasteiger partial charge on any atom is -0.480 e. The van der Waals surface area contributed by atoms with Crippen LogP contribution in [0, 0.1) is 0 Å². The second kappa shape index (κ2) is 5.71. The highest BCUT2D eigenvalue weighted by Crippen LogP contribution is 2.37. The third kappa shape index (κ3) is 3.14. The van der Waals surface area contributed by atoms with Gasteiger partial charge in [0.1, 0.15) is 6.04 Å². The quantitative estimate of drug-likeness (QED) is 0.506. The molecule has 0 spiro atoms. The molecule has 0 bridgehead atoms. The van der Waals surface area contributed by atoms with Crippen LogP contribution in [0.4, 0.5) is 5.69 Å². The molecule has 114 valence electrons. The molecule has 0 saturated heterocycles. The lowest BCUT2D eigenvalue weighted by molar-refractivity contribution is -0.162. The molecule has 7 nitrogen and oxygen atoms in total. The molecule has 0 radical (unpaired) electrons. The van der Waals surface area contributed by atoms with E-state index in [1.165, 1.54) is 0 Å². The van der Waals surface area contributed by atoms with E-state index in [1.54, 1.807) is 0 Å². The first-order valence-electron chi connectivity index (χ1n) is 6.60. The van der Waals surface area contributed by atoms with Gasteiger partial charge in [-0.25, -0.2) is 4.79 Å². The molecule has 0 aliphatic carbocycles. The highest BCUT2D eigenvalue weighted by molar-refractivity contribution is 5.80. The fourth-order valence-corrected chi connectivity index (χ4v) is 2.66. The van der Waals surface area contributed by atoms with Gasteiger partial charge in [0.15, 0.2) is 5.60 Å². The van der Waals surface area contributed by atoms with Crippen molar-refractivity contribution >= 4 is 17.6 Å². The Bertz CT molecular complexity index is 562. The molecule has 0 fully saturated rings. The van der Waals surface area contributed by atoms with Crippen molar-refractivity contribution in [1.82, 2.24) is 0 Å². The van der Waals surface area contributed by atoms with Crippen LogP contribution in [0.5, 0.6) is 0 Å². The van der Waals surface area contributed by atoms with Crippen LogP contribution in [-0.4, -0.2) is 45.4 Å². The number of anilines is 1. The van der Waals surface area contributed by atoms with E-state index >= 15 is 0 Å². The maximum absolute atomic E-state index is 11.4. The first kappa shape index (κ1) is 15.3. The normalized spacial score (nSPS) is 21.0. The highest BCUT2D eigenvalue weighted by Gasteiger charge is 2.42. The lowest BCUT2D eigenvalue weighted by atomic mass is 9.83. The minimum absolute atomic E-state index is 0.0900. The van der Waals surface area contributed by atoms with Gasteiger partial charge in [-0.1, -0.05) is 18.2 Å². The molecule has 7 heteroatoms. The average molecular weight is 294 g/mol. The maximum Gasteiger partial charge on any atom is 0.335 e. The molecular weight excluding hydrogens is 276 g/mol. The van der Waals surface area contributed by atoms with Gasteiger partial charge in [0.25, 0.3) is 0 Å². The smallest absolute Gasteiger partial charge is 0.335 e. The number of hydrogen-bond donors (Lipinski definition) is 5. The summed E-state index contributed by atoms with van der Waals surface area (Å²) in [6, 6.07) is 6.01. The zero-order chi connectivity index (χ0) is 15.6. The Balaban J connectivity index is 2.18. The van der Waals surface area contributed by atoms with Crippen molar-refractivity contribution in [1.29, 1.82) is 0 Å². The van der Waals surface area contributed by atoms with Gasteiger partial charge in [0.05, 0.1) is 0 Å². The highest BCUT2D eigenvalue weighted by atomic mass is 16.4. The second-order valence-corrected chi connectivity index (χ2v) is 5.35. The molecule has 1 aliphatic rings. The fourth-order valence-electron chi connectivity index (χ4n) is 2.66. The summed E-state index contributed by atoms with van der Waals surface area (Å²) in [6.07, 6.45) is -0.621. The largest absolute Gasteiger partial charge is 0.480 e. The maximum atomic E-state index is 11.4. The molecule has 1 heterocycles. The van der Waals surface area contributed by atoms with Crippen LogP contribution in [0.25, 0.3) is 0 Å². The van der Waals surface area contributed by atoms with Gasteiger partial charge in [0.2, 0.25) is 0 Å². The van der Waals surface area contributed by atoms with Crippen LogP contribution >= 0.6 is 0 Å². The second-order valence-electron chi connectivity index (χ2n) is 5.35. The van der Waals surface area contributed by atoms with Crippen LogP contribution in [0.2, 0.25) is 0 Å². The molecule has 3 unspecified atom stereocenters. The number of para-hydroxylation sites is 1. The number of nitrogens with two attached hydrogens (primary N) is 1. The van der Waals surface area contributed by atoms with E-state index in [0.717, 1.165) is 11.3 Å². The Labute approximate surface area is 121 Å². The predicted octanol–water partition coefficient (Wildman–Crippen LogP) is 0.203. The van der Waals surface area contributed by atoms with Gasteiger partial charge in [-0.2, -0.15) is 0 Å². The molecule has 6 N–H and O–H groups in total. The Morgan fingerprint density at radius 2 is 2.05 bits per heavy atom. The number of aliphatic carboxylic acids is 2. The summed E-state index contributed by atoms with van der Waals surface area (Å²) in [4.78, 5) is 22.2. The van der Waals surface area contributed by atoms with E-state index in [4.69, 9.17) is 10.8 Å². The molecule has 3 atom stereocenters. The third-order valence-corrected chi connectivity index (χ3v) is 3.80.